The molecule has 1 unspecified atom stereocenters. The van der Waals surface area contributed by atoms with Crippen LogP contribution in [0.1, 0.15) is 30.4 Å². The molecule has 1 aromatic rings. The molecule has 0 aromatic heterocycles. The Hall–Kier alpha value is -1.88. The highest BCUT2D eigenvalue weighted by atomic mass is 16.5. The molecule has 5 nitrogen and oxygen atoms in total. The first-order valence-electron chi connectivity index (χ1n) is 8.37. The quantitative estimate of drug-likeness (QED) is 0.853. The van der Waals surface area contributed by atoms with Gasteiger partial charge in [0.2, 0.25) is 11.8 Å². The second-order valence-electron chi connectivity index (χ2n) is 6.35. The Morgan fingerprint density at radius 1 is 1.22 bits per heavy atom. The summed E-state index contributed by atoms with van der Waals surface area (Å²) in [4.78, 5) is 28.7. The number of rotatable bonds is 3. The van der Waals surface area contributed by atoms with Crippen LogP contribution >= 0.6 is 0 Å². The van der Waals surface area contributed by atoms with Crippen molar-refractivity contribution in [1.29, 1.82) is 0 Å². The fourth-order valence-electron chi connectivity index (χ4n) is 3.26. The first kappa shape index (κ1) is 16.0. The molecule has 124 valence electrons. The van der Waals surface area contributed by atoms with Crippen LogP contribution < -0.4 is 0 Å². The van der Waals surface area contributed by atoms with Gasteiger partial charge in [0.25, 0.3) is 0 Å². The first-order valence-corrected chi connectivity index (χ1v) is 8.37. The minimum absolute atomic E-state index is 0.0773. The number of hydrogen-bond donors (Lipinski definition) is 0. The maximum absolute atomic E-state index is 12.8. The summed E-state index contributed by atoms with van der Waals surface area (Å²) in [6.45, 7) is 5.20. The molecule has 0 saturated carbocycles. The van der Waals surface area contributed by atoms with Gasteiger partial charge in [0, 0.05) is 32.7 Å². The van der Waals surface area contributed by atoms with Crippen LogP contribution in [0.2, 0.25) is 0 Å². The maximum atomic E-state index is 12.8. The van der Waals surface area contributed by atoms with E-state index >= 15 is 0 Å². The first-order chi connectivity index (χ1) is 11.1. The van der Waals surface area contributed by atoms with Gasteiger partial charge < -0.3 is 14.5 Å². The third kappa shape index (κ3) is 3.72. The van der Waals surface area contributed by atoms with E-state index in [-0.39, 0.29) is 17.9 Å². The molecular weight excluding hydrogens is 292 g/mol. The van der Waals surface area contributed by atoms with E-state index in [4.69, 9.17) is 4.74 Å². The normalized spacial score (nSPS) is 22.3. The molecule has 2 aliphatic rings. The Labute approximate surface area is 137 Å². The minimum Gasteiger partial charge on any atom is -0.380 e. The van der Waals surface area contributed by atoms with E-state index in [9.17, 15) is 9.59 Å². The van der Waals surface area contributed by atoms with Gasteiger partial charge in [0.15, 0.2) is 0 Å². The molecule has 2 amide bonds. The highest BCUT2D eigenvalue weighted by molar-refractivity contribution is 5.91. The summed E-state index contributed by atoms with van der Waals surface area (Å²) in [5.74, 6) is 0.156. The van der Waals surface area contributed by atoms with Crippen LogP contribution in [0.3, 0.4) is 0 Å². The van der Waals surface area contributed by atoms with Gasteiger partial charge in [-0.05, 0) is 25.3 Å². The van der Waals surface area contributed by atoms with Gasteiger partial charge in [-0.25, -0.2) is 0 Å². The monoisotopic (exact) mass is 316 g/mol. The van der Waals surface area contributed by atoms with Crippen LogP contribution in [-0.4, -0.2) is 54.0 Å². The third-order valence-electron chi connectivity index (χ3n) is 4.62. The van der Waals surface area contributed by atoms with Crippen molar-refractivity contribution in [2.45, 2.75) is 38.8 Å². The predicted octanol–water partition coefficient (Wildman–Crippen LogP) is 1.73. The van der Waals surface area contributed by atoms with Gasteiger partial charge in [-0.2, -0.15) is 0 Å². The Morgan fingerprint density at radius 2 is 2.00 bits per heavy atom. The van der Waals surface area contributed by atoms with Gasteiger partial charge in [0.05, 0.1) is 6.61 Å². The number of likely N-dealkylation sites (tertiary alicyclic amines) is 1. The smallest absolute Gasteiger partial charge is 0.245 e. The zero-order valence-corrected chi connectivity index (χ0v) is 13.7. The summed E-state index contributed by atoms with van der Waals surface area (Å²) < 4.78 is 5.42. The van der Waals surface area contributed by atoms with Gasteiger partial charge in [0.1, 0.15) is 6.04 Å². The molecule has 5 heteroatoms. The highest BCUT2D eigenvalue weighted by Crippen LogP contribution is 2.24. The van der Waals surface area contributed by atoms with Gasteiger partial charge >= 0.3 is 0 Å². The summed E-state index contributed by atoms with van der Waals surface area (Å²) >= 11 is 0. The molecule has 0 bridgehead atoms. The van der Waals surface area contributed by atoms with Crippen LogP contribution in [0.5, 0.6) is 0 Å². The van der Waals surface area contributed by atoms with Crippen LogP contribution in [0, 0.1) is 6.92 Å². The molecule has 0 spiro atoms. The van der Waals surface area contributed by atoms with Gasteiger partial charge in [-0.3, -0.25) is 9.59 Å². The number of aryl methyl sites for hydroxylation is 1. The third-order valence-corrected chi connectivity index (χ3v) is 4.62. The van der Waals surface area contributed by atoms with Crippen molar-refractivity contribution in [2.24, 2.45) is 0 Å². The Kier molecular flexibility index (Phi) is 4.96. The Balaban J connectivity index is 1.71. The van der Waals surface area contributed by atoms with Gasteiger partial charge in [-0.15, -0.1) is 0 Å². The summed E-state index contributed by atoms with van der Waals surface area (Å²) in [6.07, 6.45) is 1.96. The average molecular weight is 316 g/mol. The number of ether oxygens (including phenoxy) is 1. The summed E-state index contributed by atoms with van der Waals surface area (Å²) in [7, 11) is 0. The fourth-order valence-corrected chi connectivity index (χ4v) is 3.26. The van der Waals surface area contributed by atoms with Crippen molar-refractivity contribution >= 4 is 11.8 Å². The fraction of sp³-hybridized carbons (Fsp3) is 0.556. The number of amides is 2. The minimum atomic E-state index is -0.318. The molecule has 0 N–H and O–H groups in total. The van der Waals surface area contributed by atoms with Crippen molar-refractivity contribution in [2.75, 3.05) is 26.3 Å². The van der Waals surface area contributed by atoms with E-state index < -0.39 is 0 Å². The molecule has 2 saturated heterocycles. The Bertz CT molecular complexity index is 562. The molecule has 0 aliphatic carbocycles. The van der Waals surface area contributed by atoms with Crippen molar-refractivity contribution in [3.8, 4) is 0 Å². The molecule has 1 aromatic carbocycles. The van der Waals surface area contributed by atoms with E-state index in [1.165, 1.54) is 5.56 Å². The zero-order chi connectivity index (χ0) is 16.2. The molecule has 2 heterocycles. The predicted molar refractivity (Wildman–Crippen MR) is 86.8 cm³/mol. The van der Waals surface area contributed by atoms with Crippen molar-refractivity contribution in [1.82, 2.24) is 9.80 Å². The van der Waals surface area contributed by atoms with Crippen LogP contribution in [-0.2, 0) is 20.9 Å². The highest BCUT2D eigenvalue weighted by Gasteiger charge is 2.38. The molecule has 2 fully saturated rings. The lowest BCUT2D eigenvalue weighted by atomic mass is 10.1. The van der Waals surface area contributed by atoms with E-state index in [0.717, 1.165) is 18.5 Å². The Morgan fingerprint density at radius 3 is 2.78 bits per heavy atom. The SMILES string of the molecule is Cc1ccc(CN2C(=O)CCC2C(=O)N2CCCOCC2)cc1. The zero-order valence-electron chi connectivity index (χ0n) is 13.7. The average Bonchev–Trinajstić information content (AvgIpc) is 2.77. The lowest BCUT2D eigenvalue weighted by Gasteiger charge is -2.29. The van der Waals surface area contributed by atoms with E-state index in [0.29, 0.717) is 39.1 Å². The van der Waals surface area contributed by atoms with Crippen molar-refractivity contribution < 1.29 is 14.3 Å². The summed E-state index contributed by atoms with van der Waals surface area (Å²) in [5, 5.41) is 0. The molecule has 3 rings (SSSR count). The second-order valence-corrected chi connectivity index (χ2v) is 6.35. The lowest BCUT2D eigenvalue weighted by molar-refractivity contribution is -0.141. The number of carbonyl (C=O) groups is 2. The van der Waals surface area contributed by atoms with Crippen molar-refractivity contribution in [3.63, 3.8) is 0 Å². The lowest BCUT2D eigenvalue weighted by Crippen LogP contribution is -2.47. The molecule has 23 heavy (non-hydrogen) atoms. The largest absolute Gasteiger partial charge is 0.380 e. The van der Waals surface area contributed by atoms with Crippen molar-refractivity contribution in [3.05, 3.63) is 35.4 Å². The summed E-state index contributed by atoms with van der Waals surface area (Å²) in [5.41, 5.74) is 2.27. The number of carbonyl (C=O) groups excluding carboxylic acids is 2. The van der Waals surface area contributed by atoms with E-state index in [2.05, 4.69) is 0 Å². The number of hydrogen-bond acceptors (Lipinski definition) is 3. The van der Waals surface area contributed by atoms with E-state index in [1.807, 2.05) is 36.1 Å². The standard InChI is InChI=1S/C18H24N2O3/c1-14-3-5-15(6-4-14)13-20-16(7-8-17(20)21)18(22)19-9-2-11-23-12-10-19/h3-6,16H,2,7-13H2,1H3. The molecular formula is C18H24N2O3. The topological polar surface area (TPSA) is 49.9 Å². The molecule has 1 atom stereocenters. The van der Waals surface area contributed by atoms with Crippen LogP contribution in [0.25, 0.3) is 0 Å². The maximum Gasteiger partial charge on any atom is 0.245 e. The summed E-state index contributed by atoms with van der Waals surface area (Å²) in [6, 6.07) is 7.82. The van der Waals surface area contributed by atoms with Gasteiger partial charge in [-0.1, -0.05) is 29.8 Å². The van der Waals surface area contributed by atoms with E-state index in [1.54, 1.807) is 4.90 Å². The number of benzene rings is 1. The van der Waals surface area contributed by atoms with Crippen LogP contribution in [0.15, 0.2) is 24.3 Å². The number of nitrogens with zero attached hydrogens (tertiary/aromatic N) is 2. The molecule has 2 aliphatic heterocycles. The molecule has 0 radical (unpaired) electrons. The van der Waals surface area contributed by atoms with Crippen LogP contribution in [0.4, 0.5) is 0 Å². The second kappa shape index (κ2) is 7.13.